The largest absolute Gasteiger partial charge is 0.493 e. The van der Waals surface area contributed by atoms with E-state index in [0.29, 0.717) is 30.0 Å². The molecule has 3 aromatic carbocycles. The number of benzene rings is 3. The van der Waals surface area contributed by atoms with Crippen molar-refractivity contribution in [1.29, 1.82) is 0 Å². The van der Waals surface area contributed by atoms with E-state index in [1.807, 2.05) is 42.5 Å². The van der Waals surface area contributed by atoms with Crippen LogP contribution in [0.15, 0.2) is 72.8 Å². The van der Waals surface area contributed by atoms with Crippen molar-refractivity contribution in [2.24, 2.45) is 0 Å². The molecule has 0 bridgehead atoms. The maximum absolute atomic E-state index is 12.5. The summed E-state index contributed by atoms with van der Waals surface area (Å²) < 4.78 is 5.47. The van der Waals surface area contributed by atoms with E-state index in [4.69, 9.17) is 4.74 Å². The topological polar surface area (TPSA) is 67.4 Å². The van der Waals surface area contributed by atoms with E-state index in [1.165, 1.54) is 0 Å². The summed E-state index contributed by atoms with van der Waals surface area (Å²) in [5, 5.41) is 5.75. The van der Waals surface area contributed by atoms with Crippen molar-refractivity contribution >= 4 is 17.5 Å². The van der Waals surface area contributed by atoms with Crippen LogP contribution < -0.4 is 15.4 Å². The van der Waals surface area contributed by atoms with E-state index in [0.717, 1.165) is 23.3 Å². The predicted molar refractivity (Wildman–Crippen MR) is 108 cm³/mol. The number of carbonyl (C=O) groups is 2. The minimum Gasteiger partial charge on any atom is -0.493 e. The lowest BCUT2D eigenvalue weighted by Gasteiger charge is -2.08. The molecular weight excluding hydrogens is 352 g/mol. The maximum Gasteiger partial charge on any atom is 0.255 e. The molecule has 28 heavy (non-hydrogen) atoms. The van der Waals surface area contributed by atoms with Gasteiger partial charge in [-0.2, -0.15) is 0 Å². The molecule has 140 valence electrons. The van der Waals surface area contributed by atoms with Crippen molar-refractivity contribution in [2.75, 3.05) is 11.9 Å². The summed E-state index contributed by atoms with van der Waals surface area (Å²) in [6, 6.07) is 22.0. The molecule has 0 radical (unpaired) electrons. The standard InChI is InChI=1S/C23H20N2O3/c26-22(24-15-16-4-2-1-3-5-16)17-6-9-20(10-7-17)25-23(27)19-8-11-21-18(14-19)12-13-28-21/h1-11,14H,12-13,15H2,(H,24,26)(H,25,27). The molecule has 2 amide bonds. The predicted octanol–water partition coefficient (Wildman–Crippen LogP) is 3.80. The molecule has 2 N–H and O–H groups in total. The molecule has 0 aliphatic carbocycles. The van der Waals surface area contributed by atoms with Gasteiger partial charge in [-0.1, -0.05) is 30.3 Å². The summed E-state index contributed by atoms with van der Waals surface area (Å²) in [5.41, 5.74) is 3.87. The number of anilines is 1. The molecule has 0 aromatic heterocycles. The summed E-state index contributed by atoms with van der Waals surface area (Å²) in [7, 11) is 0. The number of fused-ring (bicyclic) bond motifs is 1. The first-order chi connectivity index (χ1) is 13.7. The van der Waals surface area contributed by atoms with Gasteiger partial charge in [-0.05, 0) is 53.6 Å². The summed E-state index contributed by atoms with van der Waals surface area (Å²) in [5.74, 6) is 0.513. The van der Waals surface area contributed by atoms with Crippen LogP contribution in [0.25, 0.3) is 0 Å². The van der Waals surface area contributed by atoms with Gasteiger partial charge in [0.2, 0.25) is 0 Å². The quantitative estimate of drug-likeness (QED) is 0.716. The van der Waals surface area contributed by atoms with Crippen LogP contribution in [-0.2, 0) is 13.0 Å². The van der Waals surface area contributed by atoms with Gasteiger partial charge in [-0.3, -0.25) is 9.59 Å². The molecule has 3 aromatic rings. The monoisotopic (exact) mass is 372 g/mol. The van der Waals surface area contributed by atoms with Gasteiger partial charge in [-0.25, -0.2) is 0 Å². The Morgan fingerprint density at radius 3 is 2.39 bits per heavy atom. The summed E-state index contributed by atoms with van der Waals surface area (Å²) in [4.78, 5) is 24.7. The fourth-order valence-corrected chi connectivity index (χ4v) is 3.12. The molecule has 4 rings (SSSR count). The maximum atomic E-state index is 12.5. The number of carbonyl (C=O) groups excluding carboxylic acids is 2. The Kier molecular flexibility index (Phi) is 5.06. The molecule has 0 saturated carbocycles. The molecule has 1 aliphatic rings. The van der Waals surface area contributed by atoms with Gasteiger partial charge in [0.05, 0.1) is 6.61 Å². The van der Waals surface area contributed by atoms with Gasteiger partial charge >= 0.3 is 0 Å². The fraction of sp³-hybridized carbons (Fsp3) is 0.130. The van der Waals surface area contributed by atoms with Crippen molar-refractivity contribution < 1.29 is 14.3 Å². The van der Waals surface area contributed by atoms with Crippen LogP contribution in [0.5, 0.6) is 5.75 Å². The number of rotatable bonds is 5. The minimum atomic E-state index is -0.184. The molecular formula is C23H20N2O3. The van der Waals surface area contributed by atoms with Crippen LogP contribution in [0, 0.1) is 0 Å². The third-order valence-corrected chi connectivity index (χ3v) is 4.65. The van der Waals surface area contributed by atoms with E-state index in [-0.39, 0.29) is 11.8 Å². The van der Waals surface area contributed by atoms with Crippen molar-refractivity contribution in [3.8, 4) is 5.75 Å². The highest BCUT2D eigenvalue weighted by Gasteiger charge is 2.15. The molecule has 1 heterocycles. The Morgan fingerprint density at radius 2 is 1.61 bits per heavy atom. The number of nitrogens with one attached hydrogen (secondary N) is 2. The van der Waals surface area contributed by atoms with Gasteiger partial charge in [0.15, 0.2) is 0 Å². The zero-order valence-electron chi connectivity index (χ0n) is 15.3. The van der Waals surface area contributed by atoms with Crippen LogP contribution in [0.4, 0.5) is 5.69 Å². The summed E-state index contributed by atoms with van der Waals surface area (Å²) >= 11 is 0. The van der Waals surface area contributed by atoms with Crippen LogP contribution in [0.2, 0.25) is 0 Å². The second-order valence-corrected chi connectivity index (χ2v) is 6.62. The Bertz CT molecular complexity index is 998. The van der Waals surface area contributed by atoms with Crippen molar-refractivity contribution in [3.63, 3.8) is 0 Å². The molecule has 0 atom stereocenters. The van der Waals surface area contributed by atoms with Crippen molar-refractivity contribution in [2.45, 2.75) is 13.0 Å². The minimum absolute atomic E-state index is 0.152. The molecule has 5 heteroatoms. The number of ether oxygens (including phenoxy) is 1. The fourth-order valence-electron chi connectivity index (χ4n) is 3.12. The molecule has 0 saturated heterocycles. The van der Waals surface area contributed by atoms with Gasteiger partial charge in [0.1, 0.15) is 5.75 Å². The second kappa shape index (κ2) is 7.96. The zero-order valence-corrected chi connectivity index (χ0v) is 15.3. The van der Waals surface area contributed by atoms with Gasteiger partial charge < -0.3 is 15.4 Å². The second-order valence-electron chi connectivity index (χ2n) is 6.62. The molecule has 0 spiro atoms. The normalized spacial score (nSPS) is 12.0. The molecule has 0 unspecified atom stereocenters. The number of amides is 2. The van der Waals surface area contributed by atoms with Gasteiger partial charge in [-0.15, -0.1) is 0 Å². The SMILES string of the molecule is O=C(NCc1ccccc1)c1ccc(NC(=O)c2ccc3c(c2)CCO3)cc1. The molecule has 0 fully saturated rings. The summed E-state index contributed by atoms with van der Waals surface area (Å²) in [6.45, 7) is 1.13. The van der Waals surface area contributed by atoms with E-state index >= 15 is 0 Å². The Labute approximate surface area is 163 Å². The van der Waals surface area contributed by atoms with Gasteiger partial charge in [0.25, 0.3) is 11.8 Å². The average Bonchev–Trinajstić information content (AvgIpc) is 3.21. The first kappa shape index (κ1) is 17.8. The molecule has 5 nitrogen and oxygen atoms in total. The first-order valence-electron chi connectivity index (χ1n) is 9.18. The van der Waals surface area contributed by atoms with E-state index in [9.17, 15) is 9.59 Å². The Morgan fingerprint density at radius 1 is 0.857 bits per heavy atom. The highest BCUT2D eigenvalue weighted by atomic mass is 16.5. The van der Waals surface area contributed by atoms with Crippen molar-refractivity contribution in [3.05, 3.63) is 95.1 Å². The van der Waals surface area contributed by atoms with E-state index < -0.39 is 0 Å². The smallest absolute Gasteiger partial charge is 0.255 e. The highest BCUT2D eigenvalue weighted by Crippen LogP contribution is 2.26. The number of hydrogen-bond donors (Lipinski definition) is 2. The van der Waals surface area contributed by atoms with E-state index in [1.54, 1.807) is 30.3 Å². The lowest BCUT2D eigenvalue weighted by Crippen LogP contribution is -2.22. The third-order valence-electron chi connectivity index (χ3n) is 4.65. The average molecular weight is 372 g/mol. The Hall–Kier alpha value is -3.60. The summed E-state index contributed by atoms with van der Waals surface area (Å²) in [6.07, 6.45) is 0.823. The Balaban J connectivity index is 1.36. The van der Waals surface area contributed by atoms with Crippen LogP contribution in [0.1, 0.15) is 31.8 Å². The van der Waals surface area contributed by atoms with Gasteiger partial charge in [0, 0.05) is 29.8 Å². The number of hydrogen-bond acceptors (Lipinski definition) is 3. The van der Waals surface area contributed by atoms with Crippen LogP contribution in [0.3, 0.4) is 0 Å². The molecule has 1 aliphatic heterocycles. The third kappa shape index (κ3) is 4.04. The van der Waals surface area contributed by atoms with E-state index in [2.05, 4.69) is 10.6 Å². The zero-order chi connectivity index (χ0) is 19.3. The first-order valence-corrected chi connectivity index (χ1v) is 9.18. The van der Waals surface area contributed by atoms with Crippen LogP contribution in [-0.4, -0.2) is 18.4 Å². The highest BCUT2D eigenvalue weighted by molar-refractivity contribution is 6.04. The lowest BCUT2D eigenvalue weighted by molar-refractivity contribution is 0.0950. The lowest BCUT2D eigenvalue weighted by atomic mass is 10.1. The van der Waals surface area contributed by atoms with Crippen LogP contribution >= 0.6 is 0 Å². The van der Waals surface area contributed by atoms with Crippen molar-refractivity contribution in [1.82, 2.24) is 5.32 Å².